The summed E-state index contributed by atoms with van der Waals surface area (Å²) in [7, 11) is 0. The number of carbonyl (C=O) groups excluding carboxylic acids is 1. The highest BCUT2D eigenvalue weighted by Gasteiger charge is 2.35. The molecule has 1 saturated carbocycles. The zero-order chi connectivity index (χ0) is 9.30. The summed E-state index contributed by atoms with van der Waals surface area (Å²) in [6, 6.07) is 0. The van der Waals surface area contributed by atoms with Crippen LogP contribution in [-0.2, 0) is 4.79 Å². The quantitative estimate of drug-likeness (QED) is 0.547. The molecule has 0 amide bonds. The minimum Gasteiger partial charge on any atom is -0.299 e. The van der Waals surface area contributed by atoms with Crippen LogP contribution in [0.3, 0.4) is 0 Å². The molecule has 0 aromatic rings. The number of rotatable bonds is 1. The third-order valence-corrected chi connectivity index (χ3v) is 3.36. The first-order valence-corrected chi connectivity index (χ1v) is 4.73. The van der Waals surface area contributed by atoms with E-state index >= 15 is 0 Å². The second-order valence-electron chi connectivity index (χ2n) is 4.11. The third kappa shape index (κ3) is 1.45. The van der Waals surface area contributed by atoms with Gasteiger partial charge in [-0.15, -0.1) is 6.58 Å². The van der Waals surface area contributed by atoms with Crippen LogP contribution in [0.25, 0.3) is 0 Å². The maximum absolute atomic E-state index is 11.4. The van der Waals surface area contributed by atoms with Crippen molar-refractivity contribution in [2.45, 2.75) is 27.2 Å². The average Bonchev–Trinajstić information content (AvgIpc) is 2.01. The molecule has 1 rings (SSSR count). The number of allylic oxidation sites excluding steroid dienone is 1. The van der Waals surface area contributed by atoms with Gasteiger partial charge in [0.05, 0.1) is 0 Å². The van der Waals surface area contributed by atoms with Crippen LogP contribution in [-0.4, -0.2) is 5.78 Å². The zero-order valence-corrected chi connectivity index (χ0v) is 8.21. The number of hydrogen-bond donors (Lipinski definition) is 0. The smallest absolute Gasteiger partial charge is 0.136 e. The Morgan fingerprint density at radius 1 is 1.42 bits per heavy atom. The van der Waals surface area contributed by atoms with Gasteiger partial charge in [-0.3, -0.25) is 4.79 Å². The number of ketones is 1. The molecule has 0 spiro atoms. The molecular weight excluding hydrogens is 148 g/mol. The first-order chi connectivity index (χ1) is 5.57. The summed E-state index contributed by atoms with van der Waals surface area (Å²) in [6.45, 7) is 10.2. The first-order valence-electron chi connectivity index (χ1n) is 4.73. The van der Waals surface area contributed by atoms with Crippen molar-refractivity contribution in [3.05, 3.63) is 12.7 Å². The molecule has 0 heterocycles. The van der Waals surface area contributed by atoms with Gasteiger partial charge in [0.15, 0.2) is 0 Å². The van der Waals surface area contributed by atoms with Crippen LogP contribution in [0.1, 0.15) is 27.2 Å². The topological polar surface area (TPSA) is 17.1 Å². The van der Waals surface area contributed by atoms with E-state index in [0.29, 0.717) is 23.5 Å². The standard InChI is InChI=1S/C11H18O/c1-5-10-7(2)6-11(12)9(4)8(10)3/h5,7-10H,1,6H2,2-4H3/t7-,8-,9-,10-/m0/s1. The fraction of sp³-hybridized carbons (Fsp3) is 0.727. The molecule has 0 saturated heterocycles. The Balaban J connectivity index is 2.78. The van der Waals surface area contributed by atoms with Gasteiger partial charge in [-0.2, -0.15) is 0 Å². The molecule has 0 aromatic carbocycles. The normalized spacial score (nSPS) is 42.8. The van der Waals surface area contributed by atoms with Crippen molar-refractivity contribution >= 4 is 5.78 Å². The van der Waals surface area contributed by atoms with Crippen molar-refractivity contribution in [3.63, 3.8) is 0 Å². The van der Waals surface area contributed by atoms with E-state index < -0.39 is 0 Å². The predicted octanol–water partition coefficient (Wildman–Crippen LogP) is 2.67. The van der Waals surface area contributed by atoms with Gasteiger partial charge in [0, 0.05) is 12.3 Å². The summed E-state index contributed by atoms with van der Waals surface area (Å²) in [5.74, 6) is 2.13. The van der Waals surface area contributed by atoms with Gasteiger partial charge in [0.2, 0.25) is 0 Å². The van der Waals surface area contributed by atoms with Gasteiger partial charge in [-0.25, -0.2) is 0 Å². The number of hydrogen-bond acceptors (Lipinski definition) is 1. The average molecular weight is 166 g/mol. The maximum Gasteiger partial charge on any atom is 0.136 e. The van der Waals surface area contributed by atoms with Gasteiger partial charge in [0.25, 0.3) is 0 Å². The minimum absolute atomic E-state index is 0.226. The van der Waals surface area contributed by atoms with E-state index in [1.807, 2.05) is 13.0 Å². The summed E-state index contributed by atoms with van der Waals surface area (Å²) in [4.78, 5) is 11.4. The van der Waals surface area contributed by atoms with Crippen LogP contribution < -0.4 is 0 Å². The minimum atomic E-state index is 0.226. The Morgan fingerprint density at radius 2 is 2.00 bits per heavy atom. The van der Waals surface area contributed by atoms with Crippen LogP contribution >= 0.6 is 0 Å². The summed E-state index contributed by atoms with van der Waals surface area (Å²) in [6.07, 6.45) is 2.75. The van der Waals surface area contributed by atoms with Crippen molar-refractivity contribution in [2.75, 3.05) is 0 Å². The van der Waals surface area contributed by atoms with Crippen molar-refractivity contribution in [1.82, 2.24) is 0 Å². The molecule has 0 aromatic heterocycles. The van der Waals surface area contributed by atoms with Crippen molar-refractivity contribution in [2.24, 2.45) is 23.7 Å². The summed E-state index contributed by atoms with van der Waals surface area (Å²) < 4.78 is 0. The Labute approximate surface area is 74.9 Å². The van der Waals surface area contributed by atoms with Gasteiger partial charge >= 0.3 is 0 Å². The van der Waals surface area contributed by atoms with E-state index in [1.165, 1.54) is 0 Å². The van der Waals surface area contributed by atoms with Gasteiger partial charge in [0.1, 0.15) is 5.78 Å². The molecule has 1 fully saturated rings. The highest BCUT2D eigenvalue weighted by molar-refractivity contribution is 5.82. The molecule has 12 heavy (non-hydrogen) atoms. The molecule has 68 valence electrons. The fourth-order valence-electron chi connectivity index (χ4n) is 2.23. The number of Topliss-reactive ketones (excluding diaryl/α,β-unsaturated/α-hetero) is 1. The lowest BCUT2D eigenvalue weighted by atomic mass is 9.68. The van der Waals surface area contributed by atoms with E-state index in [2.05, 4.69) is 20.4 Å². The van der Waals surface area contributed by atoms with E-state index in [1.54, 1.807) is 0 Å². The SMILES string of the molecule is C=C[C@@H]1[C@@H](C)[C@H](C)C(=O)C[C@@H]1C. The molecule has 4 atom stereocenters. The molecule has 0 aliphatic heterocycles. The van der Waals surface area contributed by atoms with Gasteiger partial charge in [-0.05, 0) is 17.8 Å². The Hall–Kier alpha value is -0.590. The van der Waals surface area contributed by atoms with E-state index in [0.717, 1.165) is 6.42 Å². The van der Waals surface area contributed by atoms with Crippen molar-refractivity contribution < 1.29 is 4.79 Å². The lowest BCUT2D eigenvalue weighted by Gasteiger charge is -2.35. The predicted molar refractivity (Wildman–Crippen MR) is 50.8 cm³/mol. The monoisotopic (exact) mass is 166 g/mol. The van der Waals surface area contributed by atoms with E-state index in [-0.39, 0.29) is 5.92 Å². The van der Waals surface area contributed by atoms with Crippen LogP contribution in [0.5, 0.6) is 0 Å². The molecule has 1 nitrogen and oxygen atoms in total. The Kier molecular flexibility index (Phi) is 2.71. The highest BCUT2D eigenvalue weighted by Crippen LogP contribution is 2.36. The summed E-state index contributed by atoms with van der Waals surface area (Å²) in [5.41, 5.74) is 0. The lowest BCUT2D eigenvalue weighted by Crippen LogP contribution is -2.35. The molecule has 1 aliphatic carbocycles. The van der Waals surface area contributed by atoms with Gasteiger partial charge < -0.3 is 0 Å². The Morgan fingerprint density at radius 3 is 2.50 bits per heavy atom. The van der Waals surface area contributed by atoms with E-state index in [4.69, 9.17) is 0 Å². The van der Waals surface area contributed by atoms with Crippen LogP contribution in [0.2, 0.25) is 0 Å². The molecular formula is C11H18O. The molecule has 0 N–H and O–H groups in total. The molecule has 0 unspecified atom stereocenters. The number of carbonyl (C=O) groups is 1. The van der Waals surface area contributed by atoms with Crippen molar-refractivity contribution in [3.8, 4) is 0 Å². The zero-order valence-electron chi connectivity index (χ0n) is 8.21. The van der Waals surface area contributed by atoms with Crippen molar-refractivity contribution in [1.29, 1.82) is 0 Å². The van der Waals surface area contributed by atoms with Crippen LogP contribution in [0.4, 0.5) is 0 Å². The first kappa shape index (κ1) is 9.50. The largest absolute Gasteiger partial charge is 0.299 e. The second kappa shape index (κ2) is 3.42. The van der Waals surface area contributed by atoms with Crippen LogP contribution in [0.15, 0.2) is 12.7 Å². The summed E-state index contributed by atoms with van der Waals surface area (Å²) in [5, 5.41) is 0. The van der Waals surface area contributed by atoms with Crippen LogP contribution in [0, 0.1) is 23.7 Å². The maximum atomic E-state index is 11.4. The fourth-order valence-corrected chi connectivity index (χ4v) is 2.23. The molecule has 1 aliphatic rings. The molecule has 0 bridgehead atoms. The lowest BCUT2D eigenvalue weighted by molar-refractivity contribution is -0.128. The third-order valence-electron chi connectivity index (χ3n) is 3.36. The van der Waals surface area contributed by atoms with Gasteiger partial charge in [-0.1, -0.05) is 26.8 Å². The summed E-state index contributed by atoms with van der Waals surface area (Å²) >= 11 is 0. The molecule has 0 radical (unpaired) electrons. The Bertz CT molecular complexity index is 195. The molecule has 1 heteroatoms. The second-order valence-corrected chi connectivity index (χ2v) is 4.11. The van der Waals surface area contributed by atoms with E-state index in [9.17, 15) is 4.79 Å². The highest BCUT2D eigenvalue weighted by atomic mass is 16.1.